The summed E-state index contributed by atoms with van der Waals surface area (Å²) in [5, 5.41) is 3.28. The van der Waals surface area contributed by atoms with Crippen molar-refractivity contribution in [2.24, 2.45) is 10.7 Å². The highest BCUT2D eigenvalue weighted by Crippen LogP contribution is 2.32. The van der Waals surface area contributed by atoms with Crippen LogP contribution in [0.5, 0.6) is 0 Å². The van der Waals surface area contributed by atoms with Crippen molar-refractivity contribution in [3.05, 3.63) is 83.7 Å². The summed E-state index contributed by atoms with van der Waals surface area (Å²) in [5.41, 5.74) is 9.41. The van der Waals surface area contributed by atoms with Crippen LogP contribution in [0.15, 0.2) is 65.9 Å². The molecule has 0 amide bonds. The van der Waals surface area contributed by atoms with Gasteiger partial charge in [0.05, 0.1) is 0 Å². The molecule has 1 unspecified atom stereocenters. The minimum Gasteiger partial charge on any atom is -0.383 e. The molecule has 0 bridgehead atoms. The van der Waals surface area contributed by atoms with Crippen molar-refractivity contribution in [1.29, 1.82) is 0 Å². The number of fused-ring (bicyclic) bond motifs is 1. The van der Waals surface area contributed by atoms with Gasteiger partial charge in [-0.15, -0.1) is 0 Å². The van der Waals surface area contributed by atoms with E-state index in [2.05, 4.69) is 15.3 Å². The van der Waals surface area contributed by atoms with Crippen molar-refractivity contribution in [3.8, 4) is 11.1 Å². The summed E-state index contributed by atoms with van der Waals surface area (Å²) in [5.74, 6) is -0.874. The van der Waals surface area contributed by atoms with Crippen LogP contribution in [0.1, 0.15) is 17.3 Å². The van der Waals surface area contributed by atoms with E-state index in [0.717, 1.165) is 17.3 Å². The standard InChI is InChI=1S/C19H14F2N4/c20-13-4-5-14(16(21)9-13)11-3-6-17-15(8-11)18(22)25-19(24-17)12-2-1-7-23-10-12/h1-10,19,24H,(H2,22,25). The molecule has 0 saturated carbocycles. The molecule has 1 aromatic heterocycles. The highest BCUT2D eigenvalue weighted by molar-refractivity contribution is 6.05. The minimum atomic E-state index is -0.618. The Hall–Kier alpha value is -3.28. The van der Waals surface area contributed by atoms with Crippen molar-refractivity contribution in [2.45, 2.75) is 6.17 Å². The van der Waals surface area contributed by atoms with Gasteiger partial charge in [-0.2, -0.15) is 0 Å². The van der Waals surface area contributed by atoms with Gasteiger partial charge in [0.25, 0.3) is 0 Å². The number of aliphatic imine (C=N–C) groups is 1. The van der Waals surface area contributed by atoms with Crippen LogP contribution in [-0.2, 0) is 0 Å². The van der Waals surface area contributed by atoms with Crippen LogP contribution in [0.2, 0.25) is 0 Å². The van der Waals surface area contributed by atoms with Crippen LogP contribution in [0.4, 0.5) is 14.5 Å². The smallest absolute Gasteiger partial charge is 0.148 e. The van der Waals surface area contributed by atoms with Gasteiger partial charge >= 0.3 is 0 Å². The molecule has 1 aliphatic rings. The number of benzene rings is 2. The van der Waals surface area contributed by atoms with E-state index in [1.165, 1.54) is 12.1 Å². The molecule has 0 radical (unpaired) electrons. The maximum Gasteiger partial charge on any atom is 0.148 e. The minimum absolute atomic E-state index is 0.311. The Kier molecular flexibility index (Phi) is 3.65. The molecule has 0 saturated heterocycles. The number of rotatable bonds is 2. The Morgan fingerprint density at radius 1 is 1.00 bits per heavy atom. The second-order valence-electron chi connectivity index (χ2n) is 5.73. The molecule has 1 atom stereocenters. The summed E-state index contributed by atoms with van der Waals surface area (Å²) in [6.45, 7) is 0. The van der Waals surface area contributed by atoms with Crippen molar-refractivity contribution < 1.29 is 8.78 Å². The lowest BCUT2D eigenvalue weighted by Crippen LogP contribution is -2.25. The zero-order chi connectivity index (χ0) is 17.4. The molecule has 2 heterocycles. The largest absolute Gasteiger partial charge is 0.383 e. The summed E-state index contributed by atoms with van der Waals surface area (Å²) >= 11 is 0. The summed E-state index contributed by atoms with van der Waals surface area (Å²) in [4.78, 5) is 8.54. The Bertz CT molecular complexity index is 970. The lowest BCUT2D eigenvalue weighted by Gasteiger charge is -2.24. The molecule has 0 spiro atoms. The number of amidine groups is 1. The molecule has 4 rings (SSSR count). The van der Waals surface area contributed by atoms with E-state index >= 15 is 0 Å². The normalized spacial score (nSPS) is 15.9. The van der Waals surface area contributed by atoms with Crippen molar-refractivity contribution in [3.63, 3.8) is 0 Å². The maximum atomic E-state index is 14.0. The van der Waals surface area contributed by atoms with Crippen LogP contribution in [0.25, 0.3) is 11.1 Å². The molecule has 1 aliphatic heterocycles. The molecule has 0 aliphatic carbocycles. The van der Waals surface area contributed by atoms with Gasteiger partial charge in [0.15, 0.2) is 0 Å². The van der Waals surface area contributed by atoms with Crippen LogP contribution in [-0.4, -0.2) is 10.8 Å². The zero-order valence-electron chi connectivity index (χ0n) is 13.1. The van der Waals surface area contributed by atoms with Crippen molar-refractivity contribution >= 4 is 11.5 Å². The average molecular weight is 336 g/mol. The highest BCUT2D eigenvalue weighted by Gasteiger charge is 2.21. The third-order valence-corrected chi connectivity index (χ3v) is 4.10. The molecular weight excluding hydrogens is 322 g/mol. The van der Waals surface area contributed by atoms with Crippen LogP contribution >= 0.6 is 0 Å². The fourth-order valence-electron chi connectivity index (χ4n) is 2.86. The van der Waals surface area contributed by atoms with Gasteiger partial charge in [-0.1, -0.05) is 12.1 Å². The first-order chi connectivity index (χ1) is 12.1. The topological polar surface area (TPSA) is 63.3 Å². The summed E-state index contributed by atoms with van der Waals surface area (Å²) < 4.78 is 27.1. The van der Waals surface area contributed by atoms with E-state index in [0.29, 0.717) is 22.5 Å². The molecule has 4 nitrogen and oxygen atoms in total. The van der Waals surface area contributed by atoms with E-state index in [1.54, 1.807) is 24.5 Å². The second kappa shape index (κ2) is 5.98. The second-order valence-corrected chi connectivity index (χ2v) is 5.73. The number of anilines is 1. The van der Waals surface area contributed by atoms with Crippen molar-refractivity contribution in [2.75, 3.05) is 5.32 Å². The number of halogens is 2. The van der Waals surface area contributed by atoms with Gasteiger partial charge in [0.1, 0.15) is 23.6 Å². The first kappa shape index (κ1) is 15.3. The molecule has 6 heteroatoms. The van der Waals surface area contributed by atoms with E-state index in [9.17, 15) is 8.78 Å². The predicted molar refractivity (Wildman–Crippen MR) is 93.1 cm³/mol. The highest BCUT2D eigenvalue weighted by atomic mass is 19.1. The first-order valence-corrected chi connectivity index (χ1v) is 7.71. The van der Waals surface area contributed by atoms with E-state index in [-0.39, 0.29) is 6.17 Å². The predicted octanol–water partition coefficient (Wildman–Crippen LogP) is 3.86. The molecule has 124 valence electrons. The lowest BCUT2D eigenvalue weighted by atomic mass is 9.99. The van der Waals surface area contributed by atoms with Gasteiger partial charge < -0.3 is 11.1 Å². The molecule has 3 aromatic rings. The first-order valence-electron chi connectivity index (χ1n) is 7.71. The Labute approximate surface area is 143 Å². The fraction of sp³-hybridized carbons (Fsp3) is 0.0526. The van der Waals surface area contributed by atoms with Gasteiger partial charge in [0, 0.05) is 40.8 Å². The number of aromatic nitrogens is 1. The maximum absolute atomic E-state index is 14.0. The monoisotopic (exact) mass is 336 g/mol. The number of hydrogen-bond donors (Lipinski definition) is 2. The van der Waals surface area contributed by atoms with Crippen LogP contribution in [0.3, 0.4) is 0 Å². The zero-order valence-corrected chi connectivity index (χ0v) is 13.1. The molecule has 3 N–H and O–H groups in total. The quantitative estimate of drug-likeness (QED) is 0.747. The lowest BCUT2D eigenvalue weighted by molar-refractivity contribution is 0.585. The van der Waals surface area contributed by atoms with E-state index in [1.807, 2.05) is 18.2 Å². The average Bonchev–Trinajstić information content (AvgIpc) is 2.62. The summed E-state index contributed by atoms with van der Waals surface area (Å²) in [7, 11) is 0. The number of hydrogen-bond acceptors (Lipinski definition) is 4. The molecular formula is C19H14F2N4. The Morgan fingerprint density at radius 3 is 2.64 bits per heavy atom. The van der Waals surface area contributed by atoms with Gasteiger partial charge in [-0.3, -0.25) is 4.98 Å². The van der Waals surface area contributed by atoms with Crippen LogP contribution < -0.4 is 11.1 Å². The molecule has 25 heavy (non-hydrogen) atoms. The Morgan fingerprint density at radius 2 is 1.88 bits per heavy atom. The summed E-state index contributed by atoms with van der Waals surface area (Å²) in [6, 6.07) is 12.6. The van der Waals surface area contributed by atoms with E-state index < -0.39 is 11.6 Å². The summed E-state index contributed by atoms with van der Waals surface area (Å²) in [6.07, 6.45) is 3.09. The SMILES string of the molecule is NC1=NC(c2cccnc2)Nc2ccc(-c3ccc(F)cc3F)cc21. The number of nitrogens with two attached hydrogens (primary N) is 1. The van der Waals surface area contributed by atoms with E-state index in [4.69, 9.17) is 5.73 Å². The third-order valence-electron chi connectivity index (χ3n) is 4.10. The van der Waals surface area contributed by atoms with Crippen LogP contribution in [0, 0.1) is 11.6 Å². The van der Waals surface area contributed by atoms with Crippen molar-refractivity contribution in [1.82, 2.24) is 4.98 Å². The number of nitrogens with one attached hydrogen (secondary N) is 1. The van der Waals surface area contributed by atoms with Gasteiger partial charge in [0.2, 0.25) is 0 Å². The number of nitrogens with zero attached hydrogens (tertiary/aromatic N) is 2. The van der Waals surface area contributed by atoms with Gasteiger partial charge in [-0.25, -0.2) is 13.8 Å². The third kappa shape index (κ3) is 2.82. The fourth-order valence-corrected chi connectivity index (χ4v) is 2.86. The Balaban J connectivity index is 1.73. The van der Waals surface area contributed by atoms with Gasteiger partial charge in [-0.05, 0) is 35.9 Å². The molecule has 2 aromatic carbocycles. The molecule has 0 fully saturated rings. The number of pyridine rings is 1.